The SMILES string of the molecule is CCCCCCC(C)C(=S)Cl. The number of hydrogen-bond donors (Lipinski definition) is 0. The summed E-state index contributed by atoms with van der Waals surface area (Å²) >= 11 is 10.5. The molecule has 0 aliphatic rings. The van der Waals surface area contributed by atoms with E-state index in [0.29, 0.717) is 10.2 Å². The molecule has 0 N–H and O–H groups in total. The van der Waals surface area contributed by atoms with Crippen LogP contribution in [0.15, 0.2) is 0 Å². The van der Waals surface area contributed by atoms with Crippen LogP contribution in [-0.2, 0) is 0 Å². The first kappa shape index (κ1) is 11.4. The lowest BCUT2D eigenvalue weighted by atomic mass is 10.0. The van der Waals surface area contributed by atoms with Crippen molar-refractivity contribution in [3.63, 3.8) is 0 Å². The van der Waals surface area contributed by atoms with Gasteiger partial charge in [0.05, 0.1) is 4.32 Å². The summed E-state index contributed by atoms with van der Waals surface area (Å²) in [5.74, 6) is 0.420. The molecular formula is C9H17ClS. The zero-order valence-electron chi connectivity index (χ0n) is 7.40. The molecule has 0 aromatic rings. The zero-order valence-corrected chi connectivity index (χ0v) is 8.97. The van der Waals surface area contributed by atoms with Crippen LogP contribution < -0.4 is 0 Å². The summed E-state index contributed by atoms with van der Waals surface area (Å²) in [5.41, 5.74) is 0. The lowest BCUT2D eigenvalue weighted by molar-refractivity contribution is 0.585. The maximum absolute atomic E-state index is 5.67. The fourth-order valence-electron chi connectivity index (χ4n) is 0.991. The number of rotatable bonds is 6. The van der Waals surface area contributed by atoms with Crippen molar-refractivity contribution in [2.75, 3.05) is 0 Å². The van der Waals surface area contributed by atoms with Crippen molar-refractivity contribution in [3.05, 3.63) is 0 Å². The van der Waals surface area contributed by atoms with E-state index in [4.69, 9.17) is 23.8 Å². The molecule has 0 aliphatic carbocycles. The van der Waals surface area contributed by atoms with Gasteiger partial charge in [-0.05, 0) is 6.42 Å². The molecule has 0 saturated heterocycles. The molecule has 0 rings (SSSR count). The van der Waals surface area contributed by atoms with Crippen LogP contribution in [0.1, 0.15) is 46.0 Å². The van der Waals surface area contributed by atoms with Crippen LogP contribution in [0.25, 0.3) is 0 Å². The third-order valence-corrected chi connectivity index (χ3v) is 2.65. The first-order valence-corrected chi connectivity index (χ1v) is 5.16. The van der Waals surface area contributed by atoms with Gasteiger partial charge in [-0.15, -0.1) is 0 Å². The molecule has 0 radical (unpaired) electrons. The molecule has 11 heavy (non-hydrogen) atoms. The predicted octanol–water partition coefficient (Wildman–Crippen LogP) is 4.16. The maximum Gasteiger partial charge on any atom is 0.0836 e. The van der Waals surface area contributed by atoms with Crippen molar-refractivity contribution >= 4 is 28.1 Å². The van der Waals surface area contributed by atoms with Gasteiger partial charge in [0, 0.05) is 5.92 Å². The minimum Gasteiger partial charge on any atom is -0.0762 e. The van der Waals surface area contributed by atoms with Gasteiger partial charge in [0.1, 0.15) is 0 Å². The van der Waals surface area contributed by atoms with Crippen LogP contribution in [0.5, 0.6) is 0 Å². The fourth-order valence-corrected chi connectivity index (χ4v) is 1.22. The standard InChI is InChI=1S/C9H17ClS/c1-3-4-5-6-7-8(2)9(10)11/h8H,3-7H2,1-2H3. The Hall–Kier alpha value is 0.380. The zero-order chi connectivity index (χ0) is 8.69. The van der Waals surface area contributed by atoms with E-state index in [-0.39, 0.29) is 0 Å². The van der Waals surface area contributed by atoms with E-state index in [1.807, 2.05) is 0 Å². The van der Waals surface area contributed by atoms with E-state index in [0.717, 1.165) is 6.42 Å². The van der Waals surface area contributed by atoms with Crippen molar-refractivity contribution in [2.24, 2.45) is 5.92 Å². The molecule has 0 bridgehead atoms. The smallest absolute Gasteiger partial charge is 0.0762 e. The Bertz CT molecular complexity index is 112. The van der Waals surface area contributed by atoms with Gasteiger partial charge >= 0.3 is 0 Å². The molecular weight excluding hydrogens is 176 g/mol. The largest absolute Gasteiger partial charge is 0.0836 e. The maximum atomic E-state index is 5.67. The molecule has 0 fully saturated rings. The van der Waals surface area contributed by atoms with Gasteiger partial charge in [0.25, 0.3) is 0 Å². The summed E-state index contributed by atoms with van der Waals surface area (Å²) in [7, 11) is 0. The fraction of sp³-hybridized carbons (Fsp3) is 0.889. The van der Waals surface area contributed by atoms with Crippen LogP contribution >= 0.6 is 23.8 Å². The summed E-state index contributed by atoms with van der Waals surface area (Å²) < 4.78 is 0.640. The number of thiocarbonyl (C=S) groups is 1. The van der Waals surface area contributed by atoms with Crippen molar-refractivity contribution in [1.82, 2.24) is 0 Å². The highest BCUT2D eigenvalue weighted by molar-refractivity contribution is 7.83. The van der Waals surface area contributed by atoms with Crippen LogP contribution in [-0.4, -0.2) is 4.32 Å². The van der Waals surface area contributed by atoms with Gasteiger partial charge in [-0.1, -0.05) is 63.3 Å². The lowest BCUT2D eigenvalue weighted by Crippen LogP contribution is -2.00. The van der Waals surface area contributed by atoms with E-state index in [1.54, 1.807) is 0 Å². The third-order valence-electron chi connectivity index (χ3n) is 1.88. The molecule has 2 heteroatoms. The van der Waals surface area contributed by atoms with Crippen molar-refractivity contribution in [3.8, 4) is 0 Å². The highest BCUT2D eigenvalue weighted by Gasteiger charge is 2.04. The lowest BCUT2D eigenvalue weighted by Gasteiger charge is -2.06. The highest BCUT2D eigenvalue weighted by atomic mass is 35.5. The first-order valence-electron chi connectivity index (χ1n) is 4.37. The van der Waals surface area contributed by atoms with Gasteiger partial charge in [0.15, 0.2) is 0 Å². The van der Waals surface area contributed by atoms with Crippen molar-refractivity contribution in [1.29, 1.82) is 0 Å². The van der Waals surface area contributed by atoms with E-state index in [9.17, 15) is 0 Å². The quantitative estimate of drug-likeness (QED) is 0.346. The van der Waals surface area contributed by atoms with Gasteiger partial charge in [-0.25, -0.2) is 0 Å². The topological polar surface area (TPSA) is 0 Å². The highest BCUT2D eigenvalue weighted by Crippen LogP contribution is 2.13. The number of halogens is 1. The van der Waals surface area contributed by atoms with Gasteiger partial charge in [0.2, 0.25) is 0 Å². The molecule has 0 heterocycles. The Labute approximate surface area is 80.3 Å². The minimum absolute atomic E-state index is 0.420. The molecule has 0 aromatic heterocycles. The van der Waals surface area contributed by atoms with Crippen LogP contribution in [0, 0.1) is 5.92 Å². The van der Waals surface area contributed by atoms with Crippen LogP contribution in [0.4, 0.5) is 0 Å². The summed E-state index contributed by atoms with van der Waals surface area (Å²) in [6.07, 6.45) is 6.37. The van der Waals surface area contributed by atoms with E-state index < -0.39 is 0 Å². The Morgan fingerprint density at radius 1 is 1.36 bits per heavy atom. The Morgan fingerprint density at radius 2 is 2.00 bits per heavy atom. The summed E-state index contributed by atoms with van der Waals surface area (Å²) in [6, 6.07) is 0. The molecule has 1 unspecified atom stereocenters. The molecule has 0 saturated carbocycles. The molecule has 0 nitrogen and oxygen atoms in total. The van der Waals surface area contributed by atoms with E-state index >= 15 is 0 Å². The minimum atomic E-state index is 0.420. The summed E-state index contributed by atoms with van der Waals surface area (Å²) in [4.78, 5) is 0. The second-order valence-corrected chi connectivity index (χ2v) is 4.13. The van der Waals surface area contributed by atoms with Gasteiger partial charge in [-0.2, -0.15) is 0 Å². The average Bonchev–Trinajstić information content (AvgIpc) is 1.97. The average molecular weight is 193 g/mol. The molecule has 0 aliphatic heterocycles. The Balaban J connectivity index is 3.17. The van der Waals surface area contributed by atoms with Crippen LogP contribution in [0.3, 0.4) is 0 Å². The molecule has 0 amide bonds. The molecule has 1 atom stereocenters. The predicted molar refractivity (Wildman–Crippen MR) is 56.4 cm³/mol. The van der Waals surface area contributed by atoms with Gasteiger partial charge < -0.3 is 0 Å². The second-order valence-electron chi connectivity index (χ2n) is 3.05. The summed E-state index contributed by atoms with van der Waals surface area (Å²) in [6.45, 7) is 4.32. The van der Waals surface area contributed by atoms with E-state index in [2.05, 4.69) is 13.8 Å². The molecule has 0 aromatic carbocycles. The van der Waals surface area contributed by atoms with Crippen molar-refractivity contribution < 1.29 is 0 Å². The number of hydrogen-bond acceptors (Lipinski definition) is 1. The number of unbranched alkanes of at least 4 members (excludes halogenated alkanes) is 3. The second kappa shape index (κ2) is 7.05. The normalized spacial score (nSPS) is 13.0. The molecule has 0 spiro atoms. The van der Waals surface area contributed by atoms with Gasteiger partial charge in [-0.3, -0.25) is 0 Å². The van der Waals surface area contributed by atoms with E-state index in [1.165, 1.54) is 25.7 Å². The summed E-state index contributed by atoms with van der Waals surface area (Å²) in [5, 5.41) is 0. The van der Waals surface area contributed by atoms with Crippen LogP contribution in [0.2, 0.25) is 0 Å². The third kappa shape index (κ3) is 6.77. The molecule has 66 valence electrons. The Morgan fingerprint density at radius 3 is 2.45 bits per heavy atom. The Kier molecular flexibility index (Phi) is 7.30. The monoisotopic (exact) mass is 192 g/mol. The van der Waals surface area contributed by atoms with Crippen molar-refractivity contribution in [2.45, 2.75) is 46.0 Å². The first-order chi connectivity index (χ1) is 5.18.